The summed E-state index contributed by atoms with van der Waals surface area (Å²) in [6.07, 6.45) is 0. The van der Waals surface area contributed by atoms with E-state index in [1.54, 1.807) is 0 Å². The Balaban J connectivity index is 2.48. The molecular formula is C14H10Br2F2. The minimum absolute atomic E-state index is 0.296. The number of hydrogen-bond acceptors (Lipinski definition) is 0. The average molecular weight is 376 g/mol. The van der Waals surface area contributed by atoms with Crippen LogP contribution >= 0.6 is 31.9 Å². The van der Waals surface area contributed by atoms with Gasteiger partial charge >= 0.3 is 0 Å². The highest BCUT2D eigenvalue weighted by Gasteiger charge is 2.17. The summed E-state index contributed by atoms with van der Waals surface area (Å²) in [6.45, 7) is 1.95. The van der Waals surface area contributed by atoms with Gasteiger partial charge in [-0.25, -0.2) is 8.78 Å². The van der Waals surface area contributed by atoms with E-state index < -0.39 is 11.6 Å². The van der Waals surface area contributed by atoms with Crippen LogP contribution in [0, 0.1) is 18.6 Å². The van der Waals surface area contributed by atoms with Crippen LogP contribution in [0.5, 0.6) is 0 Å². The highest BCUT2D eigenvalue weighted by atomic mass is 79.9. The largest absolute Gasteiger partial charge is 0.207 e. The summed E-state index contributed by atoms with van der Waals surface area (Å²) < 4.78 is 27.6. The maximum absolute atomic E-state index is 13.7. The molecule has 2 rings (SSSR count). The van der Waals surface area contributed by atoms with E-state index >= 15 is 0 Å². The van der Waals surface area contributed by atoms with Gasteiger partial charge in [0.25, 0.3) is 0 Å². The van der Waals surface area contributed by atoms with Crippen LogP contribution in [0.3, 0.4) is 0 Å². The first-order valence-electron chi connectivity index (χ1n) is 5.34. The molecular weight excluding hydrogens is 366 g/mol. The predicted octanol–water partition coefficient (Wildman–Crippen LogP) is 5.52. The summed E-state index contributed by atoms with van der Waals surface area (Å²) >= 11 is 6.91. The number of alkyl halides is 1. The zero-order valence-corrected chi connectivity index (χ0v) is 12.7. The third-order valence-electron chi connectivity index (χ3n) is 2.82. The Kier molecular flexibility index (Phi) is 4.17. The van der Waals surface area contributed by atoms with E-state index in [2.05, 4.69) is 31.9 Å². The van der Waals surface area contributed by atoms with Gasteiger partial charge in [0.2, 0.25) is 0 Å². The minimum atomic E-state index is -0.568. The fraction of sp³-hybridized carbons (Fsp3) is 0.143. The molecule has 0 bridgehead atoms. The molecule has 2 aromatic carbocycles. The van der Waals surface area contributed by atoms with Gasteiger partial charge in [-0.3, -0.25) is 0 Å². The Morgan fingerprint density at radius 1 is 1.06 bits per heavy atom. The van der Waals surface area contributed by atoms with Crippen LogP contribution in [0.2, 0.25) is 0 Å². The molecule has 0 aromatic heterocycles. The zero-order valence-electron chi connectivity index (χ0n) is 9.55. The molecule has 0 saturated heterocycles. The van der Waals surface area contributed by atoms with Crippen molar-refractivity contribution < 1.29 is 8.78 Å². The van der Waals surface area contributed by atoms with Gasteiger partial charge in [0.1, 0.15) is 11.6 Å². The Morgan fingerprint density at radius 2 is 1.78 bits per heavy atom. The first-order chi connectivity index (χ1) is 8.50. The molecule has 18 heavy (non-hydrogen) atoms. The van der Waals surface area contributed by atoms with Gasteiger partial charge in [-0.15, -0.1) is 0 Å². The molecule has 0 fully saturated rings. The van der Waals surface area contributed by atoms with Crippen LogP contribution in [-0.4, -0.2) is 0 Å². The van der Waals surface area contributed by atoms with Crippen molar-refractivity contribution in [1.29, 1.82) is 0 Å². The lowest BCUT2D eigenvalue weighted by Gasteiger charge is -2.15. The monoisotopic (exact) mass is 374 g/mol. The lowest BCUT2D eigenvalue weighted by Crippen LogP contribution is -2.00. The van der Waals surface area contributed by atoms with Gasteiger partial charge < -0.3 is 0 Å². The maximum atomic E-state index is 13.7. The first-order valence-corrected chi connectivity index (χ1v) is 7.05. The average Bonchev–Trinajstić information content (AvgIpc) is 2.32. The van der Waals surface area contributed by atoms with Crippen LogP contribution in [0.4, 0.5) is 8.78 Å². The second kappa shape index (κ2) is 5.49. The molecule has 0 radical (unpaired) electrons. The van der Waals surface area contributed by atoms with E-state index in [0.717, 1.165) is 21.7 Å². The molecule has 1 unspecified atom stereocenters. The molecule has 0 aliphatic carbocycles. The number of halogens is 4. The molecule has 94 valence electrons. The number of hydrogen-bond donors (Lipinski definition) is 0. The van der Waals surface area contributed by atoms with Crippen LogP contribution in [0.1, 0.15) is 21.5 Å². The van der Waals surface area contributed by atoms with Crippen LogP contribution in [-0.2, 0) is 0 Å². The van der Waals surface area contributed by atoms with Crippen LogP contribution < -0.4 is 0 Å². The molecule has 0 N–H and O–H groups in total. The Hall–Kier alpha value is -0.740. The molecule has 0 aliphatic rings. The summed E-state index contributed by atoms with van der Waals surface area (Å²) in [7, 11) is 0. The molecule has 0 heterocycles. The summed E-state index contributed by atoms with van der Waals surface area (Å²) in [4.78, 5) is -0.296. The van der Waals surface area contributed by atoms with E-state index in [-0.39, 0.29) is 4.83 Å². The fourth-order valence-electron chi connectivity index (χ4n) is 1.77. The molecule has 0 nitrogen and oxygen atoms in total. The van der Waals surface area contributed by atoms with Crippen molar-refractivity contribution in [2.45, 2.75) is 11.8 Å². The predicted molar refractivity (Wildman–Crippen MR) is 76.0 cm³/mol. The fourth-order valence-corrected chi connectivity index (χ4v) is 3.02. The molecule has 2 aromatic rings. The molecule has 4 heteroatoms. The molecule has 1 atom stereocenters. The van der Waals surface area contributed by atoms with E-state index in [1.165, 1.54) is 12.1 Å². The zero-order chi connectivity index (χ0) is 13.3. The molecule has 0 spiro atoms. The normalized spacial score (nSPS) is 12.5. The third kappa shape index (κ3) is 2.64. The SMILES string of the molecule is Cc1c(Br)cccc1C(Br)c1ccc(F)cc1F. The Labute approximate surface area is 121 Å². The van der Waals surface area contributed by atoms with Crippen molar-refractivity contribution in [3.63, 3.8) is 0 Å². The standard InChI is InChI=1S/C14H10Br2F2/c1-8-10(3-2-4-12(8)15)14(16)11-6-5-9(17)7-13(11)18/h2-7,14H,1H3. The molecule has 0 amide bonds. The lowest BCUT2D eigenvalue weighted by atomic mass is 10.00. The summed E-state index contributed by atoms with van der Waals surface area (Å²) in [5, 5.41) is 0. The van der Waals surface area contributed by atoms with Crippen molar-refractivity contribution in [3.05, 3.63) is 69.2 Å². The second-order valence-corrected chi connectivity index (χ2v) is 5.75. The Morgan fingerprint density at radius 3 is 2.44 bits per heavy atom. The number of benzene rings is 2. The quantitative estimate of drug-likeness (QED) is 0.606. The van der Waals surface area contributed by atoms with Gasteiger partial charge in [-0.2, -0.15) is 0 Å². The first kappa shape index (κ1) is 13.7. The van der Waals surface area contributed by atoms with Gasteiger partial charge in [0.05, 0.1) is 4.83 Å². The maximum Gasteiger partial charge on any atom is 0.130 e. The van der Waals surface area contributed by atoms with E-state index in [4.69, 9.17) is 0 Å². The van der Waals surface area contributed by atoms with Crippen molar-refractivity contribution >= 4 is 31.9 Å². The topological polar surface area (TPSA) is 0 Å². The van der Waals surface area contributed by atoms with Crippen molar-refractivity contribution in [2.75, 3.05) is 0 Å². The highest BCUT2D eigenvalue weighted by Crippen LogP contribution is 2.36. The summed E-state index contributed by atoms with van der Waals surface area (Å²) in [6, 6.07) is 9.37. The van der Waals surface area contributed by atoms with Crippen LogP contribution in [0.25, 0.3) is 0 Å². The smallest absolute Gasteiger partial charge is 0.130 e. The molecule has 0 saturated carbocycles. The summed E-state index contributed by atoms with van der Waals surface area (Å²) in [5.41, 5.74) is 2.41. The summed E-state index contributed by atoms with van der Waals surface area (Å²) in [5.74, 6) is -1.11. The third-order valence-corrected chi connectivity index (χ3v) is 4.66. The second-order valence-electron chi connectivity index (χ2n) is 3.98. The van der Waals surface area contributed by atoms with Gasteiger partial charge in [-0.1, -0.05) is 50.1 Å². The van der Waals surface area contributed by atoms with E-state index in [0.29, 0.717) is 5.56 Å². The van der Waals surface area contributed by atoms with Crippen molar-refractivity contribution in [3.8, 4) is 0 Å². The number of rotatable bonds is 2. The lowest BCUT2D eigenvalue weighted by molar-refractivity contribution is 0.574. The van der Waals surface area contributed by atoms with Gasteiger partial charge in [-0.05, 0) is 30.2 Å². The van der Waals surface area contributed by atoms with Crippen molar-refractivity contribution in [2.24, 2.45) is 0 Å². The van der Waals surface area contributed by atoms with Crippen LogP contribution in [0.15, 0.2) is 40.9 Å². The Bertz CT molecular complexity index is 582. The molecule has 0 aliphatic heterocycles. The minimum Gasteiger partial charge on any atom is -0.207 e. The van der Waals surface area contributed by atoms with Crippen molar-refractivity contribution in [1.82, 2.24) is 0 Å². The van der Waals surface area contributed by atoms with E-state index in [1.807, 2.05) is 25.1 Å². The van der Waals surface area contributed by atoms with E-state index in [9.17, 15) is 8.78 Å². The van der Waals surface area contributed by atoms with Gasteiger partial charge in [0, 0.05) is 16.1 Å². The van der Waals surface area contributed by atoms with Gasteiger partial charge in [0.15, 0.2) is 0 Å². The highest BCUT2D eigenvalue weighted by molar-refractivity contribution is 9.10.